The number of nitrogens with zero attached hydrogens (tertiary/aromatic N) is 1. The summed E-state index contributed by atoms with van der Waals surface area (Å²) >= 11 is 6.15. The molecule has 3 nitrogen and oxygen atoms in total. The van der Waals surface area contributed by atoms with Crippen molar-refractivity contribution in [2.24, 2.45) is 5.41 Å². The predicted octanol–water partition coefficient (Wildman–Crippen LogP) is 4.82. The van der Waals surface area contributed by atoms with Gasteiger partial charge in [-0.25, -0.2) is 0 Å². The lowest BCUT2D eigenvalue weighted by molar-refractivity contribution is -0.274. The van der Waals surface area contributed by atoms with Crippen LogP contribution in [0.1, 0.15) is 24.5 Å². The topological polar surface area (TPSA) is 32.7 Å². The van der Waals surface area contributed by atoms with E-state index in [-0.39, 0.29) is 5.75 Å². The van der Waals surface area contributed by atoms with E-state index in [1.807, 2.05) is 14.0 Å². The van der Waals surface area contributed by atoms with Gasteiger partial charge in [0.1, 0.15) is 11.4 Å². The molecule has 7 heteroatoms. The van der Waals surface area contributed by atoms with Crippen molar-refractivity contribution in [3.05, 3.63) is 64.7 Å². The number of hydrogen-bond acceptors (Lipinski definition) is 3. The van der Waals surface area contributed by atoms with E-state index in [1.54, 1.807) is 24.3 Å². The fourth-order valence-corrected chi connectivity index (χ4v) is 4.15. The smallest absolute Gasteiger partial charge is 0.406 e. The van der Waals surface area contributed by atoms with Gasteiger partial charge in [0.25, 0.3) is 0 Å². The van der Waals surface area contributed by atoms with Crippen LogP contribution in [0.3, 0.4) is 0 Å². The van der Waals surface area contributed by atoms with Gasteiger partial charge in [-0.3, -0.25) is 0 Å². The fraction of sp³-hybridized carbons (Fsp3) is 0.400. The van der Waals surface area contributed by atoms with Gasteiger partial charge in [-0.2, -0.15) is 0 Å². The number of rotatable bonds is 4. The summed E-state index contributed by atoms with van der Waals surface area (Å²) in [6.07, 6.45) is -4.03. The average molecular weight is 400 g/mol. The van der Waals surface area contributed by atoms with Crippen LogP contribution in [0.5, 0.6) is 5.75 Å². The summed E-state index contributed by atoms with van der Waals surface area (Å²) in [6, 6.07) is 12.4. The molecule has 1 saturated heterocycles. The zero-order chi connectivity index (χ0) is 19.9. The van der Waals surface area contributed by atoms with Gasteiger partial charge in [0, 0.05) is 17.0 Å². The zero-order valence-corrected chi connectivity index (χ0v) is 15.8. The Kier molecular flexibility index (Phi) is 5.18. The molecule has 0 bridgehead atoms. The van der Waals surface area contributed by atoms with Gasteiger partial charge >= 0.3 is 6.36 Å². The Bertz CT molecular complexity index is 812. The SMILES string of the molecule is CN1CCC(C)(C(O)(c2ccc(OC(F)(F)F)cc2)c2cccc(Cl)c2)C1. The van der Waals surface area contributed by atoms with E-state index < -0.39 is 17.4 Å². The predicted molar refractivity (Wildman–Crippen MR) is 97.8 cm³/mol. The maximum atomic E-state index is 12.4. The third-order valence-corrected chi connectivity index (χ3v) is 5.52. The molecule has 0 aromatic heterocycles. The van der Waals surface area contributed by atoms with E-state index in [4.69, 9.17) is 11.6 Å². The molecule has 3 rings (SSSR count). The maximum Gasteiger partial charge on any atom is 0.573 e. The van der Waals surface area contributed by atoms with Crippen molar-refractivity contribution >= 4 is 11.6 Å². The number of ether oxygens (including phenoxy) is 1. The van der Waals surface area contributed by atoms with Crippen molar-refractivity contribution < 1.29 is 23.0 Å². The van der Waals surface area contributed by atoms with Crippen molar-refractivity contribution in [2.75, 3.05) is 20.1 Å². The molecule has 27 heavy (non-hydrogen) atoms. The van der Waals surface area contributed by atoms with E-state index in [1.165, 1.54) is 24.3 Å². The second-order valence-corrected chi connectivity index (χ2v) is 7.78. The number of alkyl halides is 3. The Morgan fingerprint density at radius 1 is 1.11 bits per heavy atom. The highest BCUT2D eigenvalue weighted by Gasteiger charge is 2.52. The van der Waals surface area contributed by atoms with Crippen molar-refractivity contribution in [3.63, 3.8) is 0 Å². The second kappa shape index (κ2) is 7.00. The van der Waals surface area contributed by atoms with Crippen molar-refractivity contribution in [2.45, 2.75) is 25.3 Å². The Hall–Kier alpha value is -1.76. The molecular formula is C20H21ClF3NO2. The Labute approximate surface area is 161 Å². The highest BCUT2D eigenvalue weighted by atomic mass is 35.5. The van der Waals surface area contributed by atoms with Crippen LogP contribution in [0.2, 0.25) is 5.02 Å². The lowest BCUT2D eigenvalue weighted by atomic mass is 9.65. The molecule has 0 aliphatic carbocycles. The molecule has 1 heterocycles. The molecule has 0 spiro atoms. The van der Waals surface area contributed by atoms with E-state index in [2.05, 4.69) is 9.64 Å². The normalized spacial score (nSPS) is 23.2. The largest absolute Gasteiger partial charge is 0.573 e. The third-order valence-electron chi connectivity index (χ3n) is 5.29. The summed E-state index contributed by atoms with van der Waals surface area (Å²) in [4.78, 5) is 2.12. The first kappa shape index (κ1) is 20.0. The van der Waals surface area contributed by atoms with Gasteiger partial charge in [0.05, 0.1) is 0 Å². The van der Waals surface area contributed by atoms with Crippen LogP contribution < -0.4 is 4.74 Å². The molecule has 0 saturated carbocycles. The van der Waals surface area contributed by atoms with Gasteiger partial charge in [-0.05, 0) is 55.4 Å². The molecule has 2 unspecified atom stereocenters. The van der Waals surface area contributed by atoms with Gasteiger partial charge < -0.3 is 14.7 Å². The van der Waals surface area contributed by atoms with Gasteiger partial charge in [0.15, 0.2) is 0 Å². The molecule has 1 aliphatic heterocycles. The van der Waals surface area contributed by atoms with Crippen molar-refractivity contribution in [3.8, 4) is 5.75 Å². The van der Waals surface area contributed by atoms with Crippen LogP contribution in [0, 0.1) is 5.41 Å². The number of hydrogen-bond donors (Lipinski definition) is 1. The van der Waals surface area contributed by atoms with Gasteiger partial charge in [-0.1, -0.05) is 42.8 Å². The van der Waals surface area contributed by atoms with E-state index in [9.17, 15) is 18.3 Å². The minimum atomic E-state index is -4.76. The first-order chi connectivity index (χ1) is 12.5. The minimum Gasteiger partial charge on any atom is -0.406 e. The molecule has 2 aromatic rings. The molecule has 1 N–H and O–H groups in total. The number of aliphatic hydroxyl groups is 1. The Morgan fingerprint density at radius 3 is 2.30 bits per heavy atom. The first-order valence-corrected chi connectivity index (χ1v) is 8.95. The van der Waals surface area contributed by atoms with Gasteiger partial charge in [0.2, 0.25) is 0 Å². The van der Waals surface area contributed by atoms with E-state index >= 15 is 0 Å². The zero-order valence-electron chi connectivity index (χ0n) is 15.1. The Morgan fingerprint density at radius 2 is 1.78 bits per heavy atom. The lowest BCUT2D eigenvalue weighted by Gasteiger charge is -2.43. The number of halogens is 4. The standard InChI is InChI=1S/C20H21ClF3NO2/c1-18(10-11-25(2)13-18)19(26,15-4-3-5-16(21)12-15)14-6-8-17(9-7-14)27-20(22,23)24/h3-9,12,26H,10-11,13H2,1-2H3. The summed E-state index contributed by atoms with van der Waals surface area (Å²) in [6.45, 7) is 3.43. The molecule has 0 radical (unpaired) electrons. The summed E-state index contributed by atoms with van der Waals surface area (Å²) in [5.74, 6) is -0.326. The highest BCUT2D eigenvalue weighted by Crippen LogP contribution is 2.50. The average Bonchev–Trinajstić information content (AvgIpc) is 2.94. The van der Waals surface area contributed by atoms with E-state index in [0.29, 0.717) is 22.7 Å². The van der Waals surface area contributed by atoms with Crippen LogP contribution in [0.4, 0.5) is 13.2 Å². The highest BCUT2D eigenvalue weighted by molar-refractivity contribution is 6.30. The summed E-state index contributed by atoms with van der Waals surface area (Å²) in [7, 11) is 1.98. The van der Waals surface area contributed by atoms with Gasteiger partial charge in [-0.15, -0.1) is 13.2 Å². The summed E-state index contributed by atoms with van der Waals surface area (Å²) < 4.78 is 41.3. The molecule has 2 aromatic carbocycles. The third kappa shape index (κ3) is 3.93. The molecule has 1 aliphatic rings. The first-order valence-electron chi connectivity index (χ1n) is 8.57. The minimum absolute atomic E-state index is 0.326. The van der Waals surface area contributed by atoms with Crippen LogP contribution in [-0.2, 0) is 5.60 Å². The number of likely N-dealkylation sites (tertiary alicyclic amines) is 1. The maximum absolute atomic E-state index is 12.4. The molecule has 0 amide bonds. The van der Waals surface area contributed by atoms with Crippen LogP contribution in [-0.4, -0.2) is 36.5 Å². The van der Waals surface area contributed by atoms with Crippen molar-refractivity contribution in [1.82, 2.24) is 4.90 Å². The molecular weight excluding hydrogens is 379 g/mol. The molecule has 146 valence electrons. The van der Waals surface area contributed by atoms with Crippen molar-refractivity contribution in [1.29, 1.82) is 0 Å². The second-order valence-electron chi connectivity index (χ2n) is 7.34. The van der Waals surface area contributed by atoms with Crippen LogP contribution >= 0.6 is 11.6 Å². The fourth-order valence-electron chi connectivity index (χ4n) is 3.96. The van der Waals surface area contributed by atoms with Crippen LogP contribution in [0.15, 0.2) is 48.5 Å². The number of benzene rings is 2. The monoisotopic (exact) mass is 399 g/mol. The summed E-state index contributed by atoms with van der Waals surface area (Å²) in [5.41, 5.74) is -0.854. The molecule has 2 atom stereocenters. The van der Waals surface area contributed by atoms with E-state index in [0.717, 1.165) is 13.0 Å². The quantitative estimate of drug-likeness (QED) is 0.800. The Balaban J connectivity index is 2.08. The summed E-state index contributed by atoms with van der Waals surface area (Å²) in [5, 5.41) is 12.4. The lowest BCUT2D eigenvalue weighted by Crippen LogP contribution is -2.46. The molecule has 1 fully saturated rings. The van der Waals surface area contributed by atoms with Crippen LogP contribution in [0.25, 0.3) is 0 Å².